The first kappa shape index (κ1) is 8.81. The van der Waals surface area contributed by atoms with Crippen molar-refractivity contribution in [3.05, 3.63) is 35.9 Å². The van der Waals surface area contributed by atoms with Crippen molar-refractivity contribution in [2.45, 2.75) is 12.3 Å². The summed E-state index contributed by atoms with van der Waals surface area (Å²) in [4.78, 5) is 33.3. The standard InChI is InChI=1S/C11H8O3/c12-9-6-8(10(13)11(9)14)7-4-2-1-3-5-7/h1-5,8H,6H2. The Hall–Kier alpha value is -1.77. The number of hydrogen-bond acceptors (Lipinski definition) is 3. The molecule has 70 valence electrons. The lowest BCUT2D eigenvalue weighted by Crippen LogP contribution is -2.14. The van der Waals surface area contributed by atoms with Crippen LogP contribution in [0, 0.1) is 0 Å². The van der Waals surface area contributed by atoms with Gasteiger partial charge < -0.3 is 0 Å². The van der Waals surface area contributed by atoms with Crippen molar-refractivity contribution in [2.75, 3.05) is 0 Å². The predicted octanol–water partition coefficient (Wildman–Crippen LogP) is 0.881. The number of ketones is 3. The highest BCUT2D eigenvalue weighted by atomic mass is 16.2. The Labute approximate surface area is 80.7 Å². The van der Waals surface area contributed by atoms with E-state index in [1.807, 2.05) is 6.07 Å². The quantitative estimate of drug-likeness (QED) is 0.615. The van der Waals surface area contributed by atoms with E-state index in [9.17, 15) is 14.4 Å². The minimum Gasteiger partial charge on any atom is -0.290 e. The number of Topliss-reactive ketones (excluding diaryl/α,β-unsaturated/α-hetero) is 3. The number of hydrogen-bond donors (Lipinski definition) is 0. The van der Waals surface area contributed by atoms with Crippen LogP contribution in [0.4, 0.5) is 0 Å². The van der Waals surface area contributed by atoms with Crippen molar-refractivity contribution in [1.29, 1.82) is 0 Å². The van der Waals surface area contributed by atoms with Crippen LogP contribution in [0.3, 0.4) is 0 Å². The van der Waals surface area contributed by atoms with E-state index in [1.165, 1.54) is 0 Å². The monoisotopic (exact) mass is 188 g/mol. The maximum absolute atomic E-state index is 11.3. The average Bonchev–Trinajstić information content (AvgIpc) is 2.47. The molecule has 1 aliphatic rings. The maximum Gasteiger partial charge on any atom is 0.264 e. The molecule has 0 spiro atoms. The second-order valence-corrected chi connectivity index (χ2v) is 3.28. The van der Waals surface area contributed by atoms with Crippen molar-refractivity contribution in [1.82, 2.24) is 0 Å². The molecule has 0 saturated heterocycles. The molecule has 0 bridgehead atoms. The number of carbonyl (C=O) groups excluding carboxylic acids is 3. The topological polar surface area (TPSA) is 51.2 Å². The lowest BCUT2D eigenvalue weighted by atomic mass is 9.97. The summed E-state index contributed by atoms with van der Waals surface area (Å²) >= 11 is 0. The summed E-state index contributed by atoms with van der Waals surface area (Å²) in [5.74, 6) is -2.53. The lowest BCUT2D eigenvalue weighted by Gasteiger charge is -2.04. The Morgan fingerprint density at radius 3 is 2.14 bits per heavy atom. The van der Waals surface area contributed by atoms with Crippen LogP contribution in [-0.4, -0.2) is 17.3 Å². The van der Waals surface area contributed by atoms with Crippen molar-refractivity contribution >= 4 is 17.3 Å². The third-order valence-corrected chi connectivity index (χ3v) is 2.38. The Morgan fingerprint density at radius 2 is 1.64 bits per heavy atom. The smallest absolute Gasteiger partial charge is 0.264 e. The van der Waals surface area contributed by atoms with Gasteiger partial charge in [-0.3, -0.25) is 14.4 Å². The van der Waals surface area contributed by atoms with Crippen LogP contribution >= 0.6 is 0 Å². The van der Waals surface area contributed by atoms with Crippen LogP contribution in [0.5, 0.6) is 0 Å². The molecule has 1 saturated carbocycles. The first-order chi connectivity index (χ1) is 6.70. The van der Waals surface area contributed by atoms with Crippen LogP contribution in [0.2, 0.25) is 0 Å². The van der Waals surface area contributed by atoms with Crippen LogP contribution in [0.15, 0.2) is 30.3 Å². The molecule has 1 aromatic rings. The molecule has 0 heterocycles. The van der Waals surface area contributed by atoms with Crippen LogP contribution < -0.4 is 0 Å². The number of benzene rings is 1. The summed E-state index contributed by atoms with van der Waals surface area (Å²) < 4.78 is 0. The van der Waals surface area contributed by atoms with Crippen molar-refractivity contribution in [3.63, 3.8) is 0 Å². The highest BCUT2D eigenvalue weighted by molar-refractivity contribution is 6.68. The number of rotatable bonds is 1. The maximum atomic E-state index is 11.3. The molecule has 0 amide bonds. The molecule has 1 fully saturated rings. The Bertz CT molecular complexity index is 406. The predicted molar refractivity (Wildman–Crippen MR) is 48.8 cm³/mol. The van der Waals surface area contributed by atoms with E-state index in [4.69, 9.17) is 0 Å². The molecule has 1 unspecified atom stereocenters. The summed E-state index contributed by atoms with van der Waals surface area (Å²) in [6.07, 6.45) is 0.0294. The molecule has 1 aliphatic carbocycles. The van der Waals surface area contributed by atoms with E-state index < -0.39 is 23.3 Å². The van der Waals surface area contributed by atoms with Gasteiger partial charge in [0, 0.05) is 6.42 Å². The molecular formula is C11H8O3. The van der Waals surface area contributed by atoms with Crippen molar-refractivity contribution < 1.29 is 14.4 Å². The Kier molecular flexibility index (Phi) is 2.00. The van der Waals surface area contributed by atoms with Gasteiger partial charge in [-0.05, 0) is 5.56 Å². The first-order valence-electron chi connectivity index (χ1n) is 4.36. The summed E-state index contributed by atoms with van der Waals surface area (Å²) in [5.41, 5.74) is 0.747. The van der Waals surface area contributed by atoms with E-state index >= 15 is 0 Å². The van der Waals surface area contributed by atoms with Gasteiger partial charge in [0.2, 0.25) is 11.6 Å². The molecule has 3 nitrogen and oxygen atoms in total. The highest BCUT2D eigenvalue weighted by Gasteiger charge is 2.40. The van der Waals surface area contributed by atoms with Gasteiger partial charge in [-0.25, -0.2) is 0 Å². The van der Waals surface area contributed by atoms with Gasteiger partial charge in [-0.2, -0.15) is 0 Å². The molecular weight excluding hydrogens is 180 g/mol. The Morgan fingerprint density at radius 1 is 1.00 bits per heavy atom. The minimum atomic E-state index is -0.848. The molecule has 0 N–H and O–H groups in total. The zero-order valence-electron chi connectivity index (χ0n) is 7.40. The highest BCUT2D eigenvalue weighted by Crippen LogP contribution is 2.26. The summed E-state index contributed by atoms with van der Waals surface area (Å²) in [6, 6.07) is 8.92. The van der Waals surface area contributed by atoms with Crippen LogP contribution in [-0.2, 0) is 14.4 Å². The van der Waals surface area contributed by atoms with E-state index in [1.54, 1.807) is 24.3 Å². The fourth-order valence-electron chi connectivity index (χ4n) is 1.62. The third kappa shape index (κ3) is 1.27. The van der Waals surface area contributed by atoms with Gasteiger partial charge in [0.25, 0.3) is 5.78 Å². The third-order valence-electron chi connectivity index (χ3n) is 2.38. The molecule has 1 aromatic carbocycles. The zero-order chi connectivity index (χ0) is 10.1. The Balaban J connectivity index is 2.35. The molecule has 3 heteroatoms. The van der Waals surface area contributed by atoms with Crippen LogP contribution in [0.25, 0.3) is 0 Å². The summed E-state index contributed by atoms with van der Waals surface area (Å²) in [6.45, 7) is 0. The van der Waals surface area contributed by atoms with Gasteiger partial charge in [0.05, 0.1) is 5.92 Å². The fraction of sp³-hybridized carbons (Fsp3) is 0.182. The lowest BCUT2D eigenvalue weighted by molar-refractivity contribution is -0.140. The van der Waals surface area contributed by atoms with Gasteiger partial charge in [-0.1, -0.05) is 30.3 Å². The summed E-state index contributed by atoms with van der Waals surface area (Å²) in [7, 11) is 0. The van der Waals surface area contributed by atoms with E-state index in [2.05, 4.69) is 0 Å². The number of carbonyl (C=O) groups is 3. The average molecular weight is 188 g/mol. The van der Waals surface area contributed by atoms with Gasteiger partial charge >= 0.3 is 0 Å². The van der Waals surface area contributed by atoms with Gasteiger partial charge in [0.15, 0.2) is 0 Å². The second kappa shape index (κ2) is 3.18. The van der Waals surface area contributed by atoms with E-state index in [0.717, 1.165) is 5.56 Å². The fourth-order valence-corrected chi connectivity index (χ4v) is 1.62. The minimum absolute atomic E-state index is 0.0294. The molecule has 2 rings (SSSR count). The molecule has 0 aromatic heterocycles. The zero-order valence-corrected chi connectivity index (χ0v) is 7.40. The second-order valence-electron chi connectivity index (χ2n) is 3.28. The van der Waals surface area contributed by atoms with E-state index in [-0.39, 0.29) is 6.42 Å². The SMILES string of the molecule is O=C1CC(c2ccccc2)C(=O)C1=O. The first-order valence-corrected chi connectivity index (χ1v) is 4.36. The molecule has 14 heavy (non-hydrogen) atoms. The summed E-state index contributed by atoms with van der Waals surface area (Å²) in [5, 5.41) is 0. The van der Waals surface area contributed by atoms with Crippen molar-refractivity contribution in [3.8, 4) is 0 Å². The van der Waals surface area contributed by atoms with Gasteiger partial charge in [0.1, 0.15) is 0 Å². The molecule has 0 radical (unpaired) electrons. The van der Waals surface area contributed by atoms with Crippen molar-refractivity contribution in [2.24, 2.45) is 0 Å². The van der Waals surface area contributed by atoms with Gasteiger partial charge in [-0.15, -0.1) is 0 Å². The van der Waals surface area contributed by atoms with Crippen LogP contribution in [0.1, 0.15) is 17.9 Å². The normalized spacial score (nSPS) is 21.7. The molecule has 1 atom stereocenters. The molecule has 0 aliphatic heterocycles. The van der Waals surface area contributed by atoms with E-state index in [0.29, 0.717) is 0 Å². The largest absolute Gasteiger partial charge is 0.290 e.